The van der Waals surface area contributed by atoms with Gasteiger partial charge in [0.2, 0.25) is 0 Å². The quantitative estimate of drug-likeness (QED) is 0.721. The van der Waals surface area contributed by atoms with Gasteiger partial charge in [0.05, 0.1) is 6.42 Å². The molecule has 1 amide bonds. The number of carboxylic acids is 1. The summed E-state index contributed by atoms with van der Waals surface area (Å²) in [7, 11) is 0. The Morgan fingerprint density at radius 3 is 2.48 bits per heavy atom. The summed E-state index contributed by atoms with van der Waals surface area (Å²) in [6, 6.07) is 14.4. The average Bonchev–Trinajstić information content (AvgIpc) is 2.55. The number of alkyl halides is 1. The smallest absolute Gasteiger partial charge is 0.307 e. The number of carboxylic acid groups (broad SMARTS) is 1. The van der Waals surface area contributed by atoms with Gasteiger partial charge in [-0.25, -0.2) is 0 Å². The topological polar surface area (TPSA) is 66.4 Å². The van der Waals surface area contributed by atoms with Crippen LogP contribution in [0, 0.1) is 0 Å². The number of hydrogen-bond donors (Lipinski definition) is 2. The van der Waals surface area contributed by atoms with Crippen LogP contribution >= 0.6 is 15.9 Å². The summed E-state index contributed by atoms with van der Waals surface area (Å²) in [6.07, 6.45) is 1.72. The molecule has 0 atom stereocenters. The van der Waals surface area contributed by atoms with Crippen LogP contribution in [-0.4, -0.2) is 22.3 Å². The molecule has 4 nitrogen and oxygen atoms in total. The second-order valence-electron chi connectivity index (χ2n) is 5.17. The number of carbonyl (C=O) groups is 2. The van der Waals surface area contributed by atoms with E-state index in [1.54, 1.807) is 30.3 Å². The third-order valence-electron chi connectivity index (χ3n) is 3.40. The molecule has 0 aliphatic rings. The molecule has 2 N–H and O–H groups in total. The molecule has 0 heterocycles. The Kier molecular flexibility index (Phi) is 6.35. The summed E-state index contributed by atoms with van der Waals surface area (Å²) in [5.74, 6) is -1.16. The molecule has 0 bridgehead atoms. The van der Waals surface area contributed by atoms with E-state index in [0.29, 0.717) is 16.8 Å². The fraction of sp³-hybridized carbons (Fsp3) is 0.222. The lowest BCUT2D eigenvalue weighted by atomic mass is 10.0. The van der Waals surface area contributed by atoms with Crippen molar-refractivity contribution in [3.63, 3.8) is 0 Å². The van der Waals surface area contributed by atoms with Crippen molar-refractivity contribution in [3.05, 3.63) is 65.2 Å². The Bertz CT molecular complexity index is 686. The van der Waals surface area contributed by atoms with Crippen molar-refractivity contribution >= 4 is 33.5 Å². The second kappa shape index (κ2) is 8.48. The number of carbonyl (C=O) groups excluding carboxylic acids is 1. The van der Waals surface area contributed by atoms with Crippen LogP contribution in [0.3, 0.4) is 0 Å². The van der Waals surface area contributed by atoms with Gasteiger partial charge in [-0.15, -0.1) is 0 Å². The highest BCUT2D eigenvalue weighted by Gasteiger charge is 2.12. The lowest BCUT2D eigenvalue weighted by molar-refractivity contribution is -0.136. The molecule has 0 fully saturated rings. The molecule has 2 rings (SSSR count). The van der Waals surface area contributed by atoms with Crippen LogP contribution in [0.1, 0.15) is 27.9 Å². The van der Waals surface area contributed by atoms with E-state index < -0.39 is 5.97 Å². The van der Waals surface area contributed by atoms with Gasteiger partial charge in [-0.2, -0.15) is 0 Å². The molecule has 0 saturated heterocycles. The predicted molar refractivity (Wildman–Crippen MR) is 94.3 cm³/mol. The summed E-state index contributed by atoms with van der Waals surface area (Å²) in [5, 5.41) is 12.8. The number of hydrogen-bond acceptors (Lipinski definition) is 2. The fourth-order valence-corrected chi connectivity index (χ4v) is 2.55. The molecular formula is C18H18BrNO3. The second-order valence-corrected chi connectivity index (χ2v) is 5.97. The standard InChI is InChI=1S/C18H18BrNO3/c19-10-4-5-13-8-9-15(12-17(21)22)16(11-13)20-18(23)14-6-2-1-3-7-14/h1-3,6-9,11H,4-5,10,12H2,(H,20,23)(H,21,22). The van der Waals surface area contributed by atoms with Crippen molar-refractivity contribution in [2.45, 2.75) is 19.3 Å². The molecule has 2 aromatic carbocycles. The van der Waals surface area contributed by atoms with Gasteiger partial charge in [-0.05, 0) is 42.2 Å². The van der Waals surface area contributed by atoms with Gasteiger partial charge in [0.1, 0.15) is 0 Å². The summed E-state index contributed by atoms with van der Waals surface area (Å²) in [6.45, 7) is 0. The molecule has 0 radical (unpaired) electrons. The summed E-state index contributed by atoms with van der Waals surface area (Å²) in [5.41, 5.74) is 2.78. The van der Waals surface area contributed by atoms with Crippen molar-refractivity contribution < 1.29 is 14.7 Å². The van der Waals surface area contributed by atoms with Gasteiger partial charge in [0.25, 0.3) is 5.91 Å². The van der Waals surface area contributed by atoms with Gasteiger partial charge in [-0.3, -0.25) is 9.59 Å². The SMILES string of the molecule is O=C(O)Cc1ccc(CCCBr)cc1NC(=O)c1ccccc1. The molecule has 0 spiro atoms. The van der Waals surface area contributed by atoms with Gasteiger partial charge in [0, 0.05) is 16.6 Å². The van der Waals surface area contributed by atoms with Crippen LogP contribution in [0.4, 0.5) is 5.69 Å². The lowest BCUT2D eigenvalue weighted by Crippen LogP contribution is -2.14. The van der Waals surface area contributed by atoms with E-state index in [1.165, 1.54) is 0 Å². The van der Waals surface area contributed by atoms with E-state index in [9.17, 15) is 9.59 Å². The Balaban J connectivity index is 2.25. The van der Waals surface area contributed by atoms with E-state index in [2.05, 4.69) is 21.2 Å². The highest BCUT2D eigenvalue weighted by Crippen LogP contribution is 2.21. The van der Waals surface area contributed by atoms with E-state index in [-0.39, 0.29) is 12.3 Å². The molecule has 23 heavy (non-hydrogen) atoms. The summed E-state index contributed by atoms with van der Waals surface area (Å²) >= 11 is 3.40. The van der Waals surface area contributed by atoms with Crippen LogP contribution in [0.25, 0.3) is 0 Å². The van der Waals surface area contributed by atoms with Crippen LogP contribution in [-0.2, 0) is 17.6 Å². The first kappa shape index (κ1) is 17.2. The number of benzene rings is 2. The zero-order chi connectivity index (χ0) is 16.7. The highest BCUT2D eigenvalue weighted by atomic mass is 79.9. The van der Waals surface area contributed by atoms with Gasteiger partial charge in [0.15, 0.2) is 0 Å². The van der Waals surface area contributed by atoms with Crippen molar-refractivity contribution in [2.24, 2.45) is 0 Å². The molecule has 0 saturated carbocycles. The fourth-order valence-electron chi connectivity index (χ4n) is 2.27. The molecular weight excluding hydrogens is 358 g/mol. The van der Waals surface area contributed by atoms with Crippen molar-refractivity contribution in [1.29, 1.82) is 0 Å². The molecule has 0 unspecified atom stereocenters. The van der Waals surface area contributed by atoms with Crippen LogP contribution in [0.5, 0.6) is 0 Å². The minimum atomic E-state index is -0.923. The summed E-state index contributed by atoms with van der Waals surface area (Å²) in [4.78, 5) is 23.3. The van der Waals surface area contributed by atoms with E-state index >= 15 is 0 Å². The average molecular weight is 376 g/mol. The van der Waals surface area contributed by atoms with Gasteiger partial charge < -0.3 is 10.4 Å². The molecule has 0 aliphatic heterocycles. The zero-order valence-corrected chi connectivity index (χ0v) is 14.2. The third-order valence-corrected chi connectivity index (χ3v) is 3.96. The largest absolute Gasteiger partial charge is 0.481 e. The van der Waals surface area contributed by atoms with Crippen LogP contribution in [0.2, 0.25) is 0 Å². The number of aliphatic carboxylic acids is 1. The first-order valence-corrected chi connectivity index (χ1v) is 8.48. The Hall–Kier alpha value is -2.14. The maximum atomic E-state index is 12.3. The Morgan fingerprint density at radius 2 is 1.83 bits per heavy atom. The van der Waals surface area contributed by atoms with Gasteiger partial charge in [-0.1, -0.05) is 46.3 Å². The van der Waals surface area contributed by atoms with Gasteiger partial charge >= 0.3 is 5.97 Å². The first-order chi connectivity index (χ1) is 11.1. The normalized spacial score (nSPS) is 10.3. The number of anilines is 1. The molecule has 0 aromatic heterocycles. The molecule has 0 aliphatic carbocycles. The lowest BCUT2D eigenvalue weighted by Gasteiger charge is -2.12. The van der Waals surface area contributed by atoms with E-state index in [1.807, 2.05) is 18.2 Å². The van der Waals surface area contributed by atoms with Crippen molar-refractivity contribution in [2.75, 3.05) is 10.6 Å². The maximum absolute atomic E-state index is 12.3. The minimum absolute atomic E-state index is 0.122. The molecule has 5 heteroatoms. The van der Waals surface area contributed by atoms with Crippen LogP contribution in [0.15, 0.2) is 48.5 Å². The minimum Gasteiger partial charge on any atom is -0.481 e. The van der Waals surface area contributed by atoms with E-state index in [4.69, 9.17) is 5.11 Å². The van der Waals surface area contributed by atoms with Crippen LogP contribution < -0.4 is 5.32 Å². The Labute approximate surface area is 143 Å². The molecule has 120 valence electrons. The third kappa shape index (κ3) is 5.21. The van der Waals surface area contributed by atoms with Crippen molar-refractivity contribution in [3.8, 4) is 0 Å². The zero-order valence-electron chi connectivity index (χ0n) is 12.6. The molecule has 2 aromatic rings. The number of amides is 1. The van der Waals surface area contributed by atoms with E-state index in [0.717, 1.165) is 23.7 Å². The highest BCUT2D eigenvalue weighted by molar-refractivity contribution is 9.09. The Morgan fingerprint density at radius 1 is 1.09 bits per heavy atom. The maximum Gasteiger partial charge on any atom is 0.307 e. The summed E-state index contributed by atoms with van der Waals surface area (Å²) < 4.78 is 0. The number of aryl methyl sites for hydroxylation is 1. The van der Waals surface area contributed by atoms with Crippen molar-refractivity contribution in [1.82, 2.24) is 0 Å². The predicted octanol–water partition coefficient (Wildman–Crippen LogP) is 3.89. The monoisotopic (exact) mass is 375 g/mol. The number of rotatable bonds is 7. The number of nitrogens with one attached hydrogen (secondary N) is 1. The first-order valence-electron chi connectivity index (χ1n) is 7.36. The number of halogens is 1.